The highest BCUT2D eigenvalue weighted by atomic mass is 16.3. The molecule has 0 radical (unpaired) electrons. The van der Waals surface area contributed by atoms with Crippen molar-refractivity contribution in [3.63, 3.8) is 0 Å². The number of carbonyl (C=O) groups excluding carboxylic acids is 1. The van der Waals surface area contributed by atoms with E-state index in [-0.39, 0.29) is 25.0 Å². The summed E-state index contributed by atoms with van der Waals surface area (Å²) in [6, 6.07) is 1.42. The minimum Gasteiger partial charge on any atom is -0.483 e. The Balaban J connectivity index is 0.000000677. The van der Waals surface area contributed by atoms with Gasteiger partial charge >= 0.3 is 0 Å². The first-order valence-corrected chi connectivity index (χ1v) is 6.52. The van der Waals surface area contributed by atoms with Gasteiger partial charge in [0, 0.05) is 24.8 Å². The summed E-state index contributed by atoms with van der Waals surface area (Å²) in [7, 11) is 0. The Morgan fingerprint density at radius 2 is 2.10 bits per heavy atom. The van der Waals surface area contributed by atoms with Gasteiger partial charge in [0.1, 0.15) is 11.5 Å². The number of piperidine rings is 1. The average Bonchev–Trinajstić information content (AvgIpc) is 2.41. The smallest absolute Gasteiger partial charge is 0.290 e. The minimum absolute atomic E-state index is 0.172. The molecule has 4 N–H and O–H groups in total. The van der Waals surface area contributed by atoms with Crippen LogP contribution in [0.4, 0.5) is 0 Å². The first-order chi connectivity index (χ1) is 9.88. The van der Waals surface area contributed by atoms with Crippen molar-refractivity contribution >= 4 is 12.4 Å². The molecule has 1 aromatic rings. The zero-order valence-corrected chi connectivity index (χ0v) is 12.1. The summed E-state index contributed by atoms with van der Waals surface area (Å²) in [6.45, 7) is 4.15. The molecule has 1 fully saturated rings. The van der Waals surface area contributed by atoms with E-state index in [0.717, 1.165) is 5.69 Å². The number of aliphatic hydroxyl groups excluding tert-OH is 1. The van der Waals surface area contributed by atoms with Gasteiger partial charge in [-0.15, -0.1) is 0 Å². The standard InChI is InChI=1S/C12H18N4O2.CH2O2/c1-7-5-10(15-8(2)14-7)12(18)16-4-3-9(13)11(17)6-16;2-1-3/h5,9,11,17H,3-4,6,13H2,1-2H3;1H,(H,2,3)/t9-,11-;/m1./s1. The van der Waals surface area contributed by atoms with Gasteiger partial charge < -0.3 is 20.8 Å². The van der Waals surface area contributed by atoms with Crippen LogP contribution >= 0.6 is 0 Å². The molecule has 1 aliphatic rings. The van der Waals surface area contributed by atoms with E-state index >= 15 is 0 Å². The zero-order valence-electron chi connectivity index (χ0n) is 12.1. The lowest BCUT2D eigenvalue weighted by Crippen LogP contribution is -2.52. The fraction of sp³-hybridized carbons (Fsp3) is 0.538. The van der Waals surface area contributed by atoms with Crippen molar-refractivity contribution in [2.75, 3.05) is 13.1 Å². The Morgan fingerprint density at radius 3 is 2.62 bits per heavy atom. The third-order valence-electron chi connectivity index (χ3n) is 3.11. The summed E-state index contributed by atoms with van der Waals surface area (Å²) < 4.78 is 0. The molecule has 1 aromatic heterocycles. The molecule has 8 nitrogen and oxygen atoms in total. The third kappa shape index (κ3) is 4.76. The second-order valence-electron chi connectivity index (χ2n) is 4.82. The molecule has 0 aliphatic carbocycles. The summed E-state index contributed by atoms with van der Waals surface area (Å²) in [5.41, 5.74) is 6.86. The van der Waals surface area contributed by atoms with Gasteiger partial charge in [0.15, 0.2) is 0 Å². The van der Waals surface area contributed by atoms with E-state index in [1.54, 1.807) is 17.9 Å². The molecular formula is C13H20N4O4. The van der Waals surface area contributed by atoms with Crippen LogP contribution in [0, 0.1) is 13.8 Å². The quantitative estimate of drug-likeness (QED) is 0.586. The van der Waals surface area contributed by atoms with Crippen LogP contribution < -0.4 is 5.73 Å². The van der Waals surface area contributed by atoms with Gasteiger partial charge in [-0.2, -0.15) is 0 Å². The summed E-state index contributed by atoms with van der Waals surface area (Å²) in [5, 5.41) is 16.6. The number of aliphatic hydroxyl groups is 1. The normalized spacial score (nSPS) is 21.2. The van der Waals surface area contributed by atoms with Crippen molar-refractivity contribution in [1.29, 1.82) is 0 Å². The molecule has 116 valence electrons. The highest BCUT2D eigenvalue weighted by molar-refractivity contribution is 5.92. The zero-order chi connectivity index (χ0) is 16.0. The van der Waals surface area contributed by atoms with E-state index in [4.69, 9.17) is 15.6 Å². The summed E-state index contributed by atoms with van der Waals surface area (Å²) >= 11 is 0. The molecule has 0 saturated carbocycles. The van der Waals surface area contributed by atoms with E-state index < -0.39 is 6.10 Å². The lowest BCUT2D eigenvalue weighted by Gasteiger charge is -2.33. The van der Waals surface area contributed by atoms with Crippen LogP contribution in [0.15, 0.2) is 6.07 Å². The Morgan fingerprint density at radius 1 is 1.48 bits per heavy atom. The second-order valence-corrected chi connectivity index (χ2v) is 4.82. The van der Waals surface area contributed by atoms with Crippen molar-refractivity contribution in [3.8, 4) is 0 Å². The van der Waals surface area contributed by atoms with Crippen molar-refractivity contribution in [2.24, 2.45) is 5.73 Å². The van der Waals surface area contributed by atoms with E-state index in [9.17, 15) is 9.90 Å². The monoisotopic (exact) mass is 296 g/mol. The SMILES string of the molecule is Cc1cc(C(=O)N2CC[C@@H](N)[C@H](O)C2)nc(C)n1.O=CO. The third-order valence-corrected chi connectivity index (χ3v) is 3.11. The van der Waals surface area contributed by atoms with Gasteiger partial charge in [-0.25, -0.2) is 9.97 Å². The van der Waals surface area contributed by atoms with Crippen molar-refractivity contribution in [2.45, 2.75) is 32.4 Å². The molecule has 0 unspecified atom stereocenters. The lowest BCUT2D eigenvalue weighted by atomic mass is 10.0. The molecule has 2 rings (SSSR count). The Bertz CT molecular complexity index is 489. The number of carbonyl (C=O) groups is 2. The van der Waals surface area contributed by atoms with Crippen LogP contribution in [0.5, 0.6) is 0 Å². The molecular weight excluding hydrogens is 276 g/mol. The predicted molar refractivity (Wildman–Crippen MR) is 74.7 cm³/mol. The number of carboxylic acid groups (broad SMARTS) is 1. The van der Waals surface area contributed by atoms with Crippen LogP contribution in [0.1, 0.15) is 28.4 Å². The Labute approximate surface area is 122 Å². The summed E-state index contributed by atoms with van der Waals surface area (Å²) in [5.74, 6) is 0.405. The maximum absolute atomic E-state index is 12.2. The summed E-state index contributed by atoms with van der Waals surface area (Å²) in [4.78, 5) is 30.5. The van der Waals surface area contributed by atoms with Crippen molar-refractivity contribution in [1.82, 2.24) is 14.9 Å². The number of aromatic nitrogens is 2. The fourth-order valence-corrected chi connectivity index (χ4v) is 2.12. The number of β-amino-alcohol motifs (C(OH)–C–C–N with tert-alkyl or cyclic N) is 1. The Hall–Kier alpha value is -2.06. The van der Waals surface area contributed by atoms with Crippen LogP contribution in [0.25, 0.3) is 0 Å². The first-order valence-electron chi connectivity index (χ1n) is 6.52. The van der Waals surface area contributed by atoms with Gasteiger partial charge in [0.2, 0.25) is 0 Å². The van der Waals surface area contributed by atoms with Gasteiger partial charge in [-0.05, 0) is 26.3 Å². The predicted octanol–water partition coefficient (Wildman–Crippen LogP) is -0.672. The van der Waals surface area contributed by atoms with Crippen molar-refractivity contribution < 1.29 is 19.8 Å². The molecule has 1 aliphatic heterocycles. The van der Waals surface area contributed by atoms with Crippen LogP contribution in [-0.2, 0) is 4.79 Å². The highest BCUT2D eigenvalue weighted by Crippen LogP contribution is 2.13. The molecule has 2 heterocycles. The summed E-state index contributed by atoms with van der Waals surface area (Å²) in [6.07, 6.45) is -0.0533. The molecule has 0 bridgehead atoms. The number of nitrogens with zero attached hydrogens (tertiary/aromatic N) is 3. The number of hydrogen-bond acceptors (Lipinski definition) is 6. The van der Waals surface area contributed by atoms with E-state index in [2.05, 4.69) is 9.97 Å². The largest absolute Gasteiger partial charge is 0.483 e. The number of rotatable bonds is 1. The van der Waals surface area contributed by atoms with E-state index in [0.29, 0.717) is 24.5 Å². The lowest BCUT2D eigenvalue weighted by molar-refractivity contribution is -0.122. The van der Waals surface area contributed by atoms with Gasteiger partial charge in [-0.3, -0.25) is 9.59 Å². The van der Waals surface area contributed by atoms with Gasteiger partial charge in [0.05, 0.1) is 6.10 Å². The number of amides is 1. The number of likely N-dealkylation sites (tertiary alicyclic amines) is 1. The number of nitrogens with two attached hydrogens (primary N) is 1. The molecule has 0 spiro atoms. The molecule has 1 amide bonds. The maximum atomic E-state index is 12.2. The number of aryl methyl sites for hydroxylation is 2. The van der Waals surface area contributed by atoms with Crippen LogP contribution in [0.2, 0.25) is 0 Å². The minimum atomic E-state index is -0.660. The average molecular weight is 296 g/mol. The van der Waals surface area contributed by atoms with Gasteiger partial charge in [-0.1, -0.05) is 0 Å². The van der Waals surface area contributed by atoms with Crippen LogP contribution in [-0.4, -0.2) is 62.7 Å². The topological polar surface area (TPSA) is 130 Å². The fourth-order valence-electron chi connectivity index (χ4n) is 2.12. The second kappa shape index (κ2) is 7.65. The first kappa shape index (κ1) is 17.0. The number of hydrogen-bond donors (Lipinski definition) is 3. The van der Waals surface area contributed by atoms with Gasteiger partial charge in [0.25, 0.3) is 12.4 Å². The molecule has 1 saturated heterocycles. The van der Waals surface area contributed by atoms with Crippen LogP contribution in [0.3, 0.4) is 0 Å². The van der Waals surface area contributed by atoms with Crippen molar-refractivity contribution in [3.05, 3.63) is 23.3 Å². The Kier molecular flexibility index (Phi) is 6.19. The van der Waals surface area contributed by atoms with E-state index in [1.165, 1.54) is 0 Å². The molecule has 21 heavy (non-hydrogen) atoms. The molecule has 0 aromatic carbocycles. The molecule has 2 atom stereocenters. The van der Waals surface area contributed by atoms with E-state index in [1.807, 2.05) is 6.92 Å². The maximum Gasteiger partial charge on any atom is 0.290 e. The molecule has 8 heteroatoms. The highest BCUT2D eigenvalue weighted by Gasteiger charge is 2.28.